The molecular formula is C15H30N2. The van der Waals surface area contributed by atoms with Crippen molar-refractivity contribution in [2.24, 2.45) is 11.3 Å². The summed E-state index contributed by atoms with van der Waals surface area (Å²) in [5.41, 5.74) is 0.432. The second-order valence-electron chi connectivity index (χ2n) is 7.56. The Kier molecular flexibility index (Phi) is 4.14. The molecule has 0 radical (unpaired) electrons. The molecular weight excluding hydrogens is 208 g/mol. The van der Waals surface area contributed by atoms with Gasteiger partial charge in [-0.25, -0.2) is 0 Å². The maximum atomic E-state index is 3.73. The van der Waals surface area contributed by atoms with E-state index < -0.39 is 0 Å². The van der Waals surface area contributed by atoms with Gasteiger partial charge in [0.2, 0.25) is 0 Å². The van der Waals surface area contributed by atoms with Gasteiger partial charge in [0.15, 0.2) is 0 Å². The first kappa shape index (κ1) is 13.4. The summed E-state index contributed by atoms with van der Waals surface area (Å²) in [7, 11) is 2.28. The van der Waals surface area contributed by atoms with Crippen molar-refractivity contribution in [1.29, 1.82) is 0 Å². The summed E-state index contributed by atoms with van der Waals surface area (Å²) in [6.45, 7) is 9.48. The van der Waals surface area contributed by atoms with Gasteiger partial charge >= 0.3 is 0 Å². The van der Waals surface area contributed by atoms with Gasteiger partial charge in [-0.15, -0.1) is 0 Å². The van der Waals surface area contributed by atoms with Gasteiger partial charge in [-0.05, 0) is 57.0 Å². The maximum Gasteiger partial charge on any atom is 0.00728 e. The fourth-order valence-corrected chi connectivity index (χ4v) is 3.70. The Morgan fingerprint density at radius 2 is 1.71 bits per heavy atom. The lowest BCUT2D eigenvalue weighted by Gasteiger charge is -2.32. The molecule has 2 aliphatic heterocycles. The summed E-state index contributed by atoms with van der Waals surface area (Å²) in [5.74, 6) is 0.983. The minimum absolute atomic E-state index is 0.432. The Morgan fingerprint density at radius 3 is 2.24 bits per heavy atom. The third-order valence-corrected chi connectivity index (χ3v) is 4.23. The van der Waals surface area contributed by atoms with E-state index in [2.05, 4.69) is 38.0 Å². The average Bonchev–Trinajstić information content (AvgIpc) is 2.53. The van der Waals surface area contributed by atoms with Crippen molar-refractivity contribution in [3.05, 3.63) is 0 Å². The maximum absolute atomic E-state index is 3.73. The standard InChI is InChI=1S/C15H30N2/c1-15(2,3)11-17(4)8-7-12-9-13-5-6-14(10-12)16-13/h12-14,16H,5-11H2,1-4H3. The third kappa shape index (κ3) is 4.26. The van der Waals surface area contributed by atoms with Crippen LogP contribution in [0.1, 0.15) is 52.9 Å². The van der Waals surface area contributed by atoms with Crippen molar-refractivity contribution >= 4 is 0 Å². The predicted molar refractivity (Wildman–Crippen MR) is 74.2 cm³/mol. The topological polar surface area (TPSA) is 15.3 Å². The smallest absolute Gasteiger partial charge is 0.00728 e. The quantitative estimate of drug-likeness (QED) is 0.810. The minimum atomic E-state index is 0.432. The molecule has 2 saturated heterocycles. The summed E-state index contributed by atoms with van der Waals surface area (Å²) < 4.78 is 0. The van der Waals surface area contributed by atoms with Crippen molar-refractivity contribution in [3.63, 3.8) is 0 Å². The zero-order valence-electron chi connectivity index (χ0n) is 12.1. The van der Waals surface area contributed by atoms with Crippen LogP contribution in [0.3, 0.4) is 0 Å². The van der Waals surface area contributed by atoms with Gasteiger partial charge in [0.05, 0.1) is 0 Å². The molecule has 0 saturated carbocycles. The third-order valence-electron chi connectivity index (χ3n) is 4.23. The molecule has 1 N–H and O–H groups in total. The van der Waals surface area contributed by atoms with E-state index in [1.165, 1.54) is 45.2 Å². The van der Waals surface area contributed by atoms with Crippen LogP contribution in [0.5, 0.6) is 0 Å². The number of rotatable bonds is 4. The number of nitrogens with one attached hydrogen (secondary N) is 1. The minimum Gasteiger partial charge on any atom is -0.311 e. The summed E-state index contributed by atoms with van der Waals surface area (Å²) in [5, 5.41) is 3.73. The molecule has 100 valence electrons. The normalized spacial score (nSPS) is 33.4. The van der Waals surface area contributed by atoms with E-state index in [1.54, 1.807) is 0 Å². The number of hydrogen-bond acceptors (Lipinski definition) is 2. The lowest BCUT2D eigenvalue weighted by atomic mass is 9.89. The number of hydrogen-bond donors (Lipinski definition) is 1. The Labute approximate surface area is 107 Å². The Balaban J connectivity index is 1.68. The molecule has 2 aliphatic rings. The fraction of sp³-hybridized carbons (Fsp3) is 1.00. The van der Waals surface area contributed by atoms with E-state index in [9.17, 15) is 0 Å². The highest BCUT2D eigenvalue weighted by molar-refractivity contribution is 4.92. The fourth-order valence-electron chi connectivity index (χ4n) is 3.70. The van der Waals surface area contributed by atoms with Crippen molar-refractivity contribution in [2.45, 2.75) is 65.0 Å². The Bertz CT molecular complexity index is 232. The molecule has 0 aliphatic carbocycles. The van der Waals surface area contributed by atoms with E-state index in [0.29, 0.717) is 5.41 Å². The van der Waals surface area contributed by atoms with Crippen molar-refractivity contribution in [2.75, 3.05) is 20.1 Å². The van der Waals surface area contributed by atoms with Gasteiger partial charge < -0.3 is 10.2 Å². The number of nitrogens with zero attached hydrogens (tertiary/aromatic N) is 1. The molecule has 2 heteroatoms. The van der Waals surface area contributed by atoms with E-state index in [-0.39, 0.29) is 0 Å². The van der Waals surface area contributed by atoms with Crippen LogP contribution in [-0.2, 0) is 0 Å². The molecule has 2 unspecified atom stereocenters. The molecule has 2 fully saturated rings. The highest BCUT2D eigenvalue weighted by Gasteiger charge is 2.33. The summed E-state index contributed by atoms with van der Waals surface area (Å²) >= 11 is 0. The molecule has 0 aromatic heterocycles. The van der Waals surface area contributed by atoms with E-state index in [0.717, 1.165) is 18.0 Å². The Morgan fingerprint density at radius 1 is 1.12 bits per heavy atom. The first-order chi connectivity index (χ1) is 7.92. The van der Waals surface area contributed by atoms with Crippen LogP contribution in [-0.4, -0.2) is 37.1 Å². The first-order valence-electron chi connectivity index (χ1n) is 7.37. The lowest BCUT2D eigenvalue weighted by molar-refractivity contribution is 0.196. The van der Waals surface area contributed by atoms with E-state index in [1.807, 2.05) is 0 Å². The summed E-state index contributed by atoms with van der Waals surface area (Å²) in [6.07, 6.45) is 7.12. The molecule has 0 amide bonds. The summed E-state index contributed by atoms with van der Waals surface area (Å²) in [6, 6.07) is 1.71. The van der Waals surface area contributed by atoms with Gasteiger partial charge in [0.25, 0.3) is 0 Å². The second kappa shape index (κ2) is 5.27. The first-order valence-corrected chi connectivity index (χ1v) is 7.37. The number of piperidine rings is 1. The zero-order valence-corrected chi connectivity index (χ0v) is 12.1. The van der Waals surface area contributed by atoms with Crippen LogP contribution >= 0.6 is 0 Å². The van der Waals surface area contributed by atoms with Crippen LogP contribution in [0, 0.1) is 11.3 Å². The van der Waals surface area contributed by atoms with Crippen LogP contribution in [0.4, 0.5) is 0 Å². The van der Waals surface area contributed by atoms with Crippen molar-refractivity contribution in [1.82, 2.24) is 10.2 Å². The molecule has 17 heavy (non-hydrogen) atoms. The van der Waals surface area contributed by atoms with Gasteiger partial charge in [-0.1, -0.05) is 20.8 Å². The molecule has 2 heterocycles. The SMILES string of the molecule is CN(CCC1CC2CCC(C1)N2)CC(C)(C)C. The predicted octanol–water partition coefficient (Wildman–Crippen LogP) is 2.89. The molecule has 0 aromatic rings. The van der Waals surface area contributed by atoms with Crippen LogP contribution in [0.15, 0.2) is 0 Å². The van der Waals surface area contributed by atoms with Crippen LogP contribution in [0.25, 0.3) is 0 Å². The van der Waals surface area contributed by atoms with Gasteiger partial charge in [0.1, 0.15) is 0 Å². The largest absolute Gasteiger partial charge is 0.311 e. The molecule has 2 atom stereocenters. The van der Waals surface area contributed by atoms with Crippen LogP contribution in [0.2, 0.25) is 0 Å². The number of fused-ring (bicyclic) bond motifs is 2. The molecule has 0 spiro atoms. The lowest BCUT2D eigenvalue weighted by Crippen LogP contribution is -2.39. The zero-order chi connectivity index (χ0) is 12.5. The van der Waals surface area contributed by atoms with E-state index >= 15 is 0 Å². The monoisotopic (exact) mass is 238 g/mol. The Hall–Kier alpha value is -0.0800. The molecule has 2 rings (SSSR count). The van der Waals surface area contributed by atoms with Crippen LogP contribution < -0.4 is 5.32 Å². The molecule has 2 bridgehead atoms. The van der Waals surface area contributed by atoms with E-state index in [4.69, 9.17) is 0 Å². The summed E-state index contributed by atoms with van der Waals surface area (Å²) in [4.78, 5) is 2.52. The molecule has 0 aromatic carbocycles. The highest BCUT2D eigenvalue weighted by Crippen LogP contribution is 2.32. The average molecular weight is 238 g/mol. The van der Waals surface area contributed by atoms with Gasteiger partial charge in [0, 0.05) is 18.6 Å². The van der Waals surface area contributed by atoms with Crippen molar-refractivity contribution in [3.8, 4) is 0 Å². The van der Waals surface area contributed by atoms with Gasteiger partial charge in [-0.3, -0.25) is 0 Å². The second-order valence-corrected chi connectivity index (χ2v) is 7.56. The molecule has 2 nitrogen and oxygen atoms in total. The highest BCUT2D eigenvalue weighted by atomic mass is 15.1. The van der Waals surface area contributed by atoms with Crippen molar-refractivity contribution < 1.29 is 0 Å². The van der Waals surface area contributed by atoms with Gasteiger partial charge in [-0.2, -0.15) is 0 Å².